The van der Waals surface area contributed by atoms with Crippen molar-refractivity contribution in [2.24, 2.45) is 7.05 Å². The Balaban J connectivity index is 1.81. The SMILES string of the molecule is Cc1c(=O)n(C)c(Nc2ccc(I)cc2F)c2c(=O)[nH]c(=O)n(-c3cccc(S(=O)(=O)C4(CF)CC4)c3)c12. The van der Waals surface area contributed by atoms with E-state index in [1.54, 1.807) is 6.07 Å². The largest absolute Gasteiger partial charge is 0.338 e. The second kappa shape index (κ2) is 9.15. The summed E-state index contributed by atoms with van der Waals surface area (Å²) in [7, 11) is -2.65. The average Bonchev–Trinajstić information content (AvgIpc) is 3.69. The Labute approximate surface area is 228 Å². The number of hydrogen-bond donors (Lipinski definition) is 2. The first-order valence-corrected chi connectivity index (χ1v) is 14.0. The number of aryl methyl sites for hydroxylation is 1. The van der Waals surface area contributed by atoms with Gasteiger partial charge in [0.1, 0.15) is 28.4 Å². The molecule has 0 amide bonds. The minimum atomic E-state index is -4.05. The van der Waals surface area contributed by atoms with Crippen LogP contribution in [0.5, 0.6) is 0 Å². The van der Waals surface area contributed by atoms with Gasteiger partial charge >= 0.3 is 5.69 Å². The summed E-state index contributed by atoms with van der Waals surface area (Å²) in [5.74, 6) is -0.688. The Bertz CT molecular complexity index is 1930. The van der Waals surface area contributed by atoms with Crippen LogP contribution in [0.25, 0.3) is 16.6 Å². The second-order valence-electron chi connectivity index (χ2n) is 9.22. The summed E-state index contributed by atoms with van der Waals surface area (Å²) < 4.78 is 55.9. The number of benzene rings is 2. The van der Waals surface area contributed by atoms with Gasteiger partial charge in [-0.2, -0.15) is 0 Å². The predicted molar refractivity (Wildman–Crippen MR) is 148 cm³/mol. The molecule has 0 atom stereocenters. The van der Waals surface area contributed by atoms with E-state index in [1.165, 1.54) is 50.4 Å². The Morgan fingerprint density at radius 2 is 1.84 bits per heavy atom. The number of aromatic amines is 1. The molecule has 1 aliphatic rings. The summed E-state index contributed by atoms with van der Waals surface area (Å²) >= 11 is 1.94. The van der Waals surface area contributed by atoms with E-state index in [0.717, 1.165) is 9.13 Å². The molecule has 0 radical (unpaired) electrons. The zero-order valence-electron chi connectivity index (χ0n) is 20.1. The predicted octanol–water partition coefficient (Wildman–Crippen LogP) is 3.45. The first kappa shape index (κ1) is 26.3. The van der Waals surface area contributed by atoms with Gasteiger partial charge < -0.3 is 5.32 Å². The molecular weight excluding hydrogens is 633 g/mol. The van der Waals surface area contributed by atoms with Crippen molar-refractivity contribution in [2.45, 2.75) is 29.4 Å². The van der Waals surface area contributed by atoms with E-state index >= 15 is 0 Å². The maximum atomic E-state index is 14.7. The van der Waals surface area contributed by atoms with Gasteiger partial charge in [0.15, 0.2) is 9.84 Å². The van der Waals surface area contributed by atoms with Crippen LogP contribution < -0.4 is 22.1 Å². The number of alkyl halides is 1. The summed E-state index contributed by atoms with van der Waals surface area (Å²) in [4.78, 5) is 41.4. The summed E-state index contributed by atoms with van der Waals surface area (Å²) in [5, 5.41) is 2.69. The van der Waals surface area contributed by atoms with Crippen LogP contribution in [0.1, 0.15) is 18.4 Å². The molecule has 198 valence electrons. The summed E-state index contributed by atoms with van der Waals surface area (Å²) in [6.07, 6.45) is 0.383. The van der Waals surface area contributed by atoms with Gasteiger partial charge in [-0.3, -0.25) is 23.7 Å². The van der Waals surface area contributed by atoms with Gasteiger partial charge in [0.25, 0.3) is 11.1 Å². The Morgan fingerprint density at radius 1 is 1.13 bits per heavy atom. The Morgan fingerprint density at radius 3 is 2.47 bits per heavy atom. The van der Waals surface area contributed by atoms with Crippen LogP contribution in [-0.4, -0.2) is 34.0 Å². The first-order chi connectivity index (χ1) is 17.9. The van der Waals surface area contributed by atoms with E-state index in [0.29, 0.717) is 3.57 Å². The van der Waals surface area contributed by atoms with Crippen molar-refractivity contribution in [3.63, 3.8) is 0 Å². The van der Waals surface area contributed by atoms with E-state index in [1.807, 2.05) is 22.6 Å². The van der Waals surface area contributed by atoms with Crippen LogP contribution in [0.15, 0.2) is 61.7 Å². The van der Waals surface area contributed by atoms with Crippen LogP contribution in [0.4, 0.5) is 20.3 Å². The van der Waals surface area contributed by atoms with E-state index in [-0.39, 0.29) is 51.4 Å². The van der Waals surface area contributed by atoms with Crippen LogP contribution in [0.3, 0.4) is 0 Å². The van der Waals surface area contributed by atoms with Crippen molar-refractivity contribution >= 4 is 54.8 Å². The maximum Gasteiger partial charge on any atom is 0.333 e. The Hall–Kier alpha value is -3.33. The van der Waals surface area contributed by atoms with Crippen molar-refractivity contribution < 1.29 is 17.2 Å². The fourth-order valence-corrected chi connectivity index (χ4v) is 6.77. The number of aromatic nitrogens is 3. The molecular formula is C25H21F2IN4O5S. The van der Waals surface area contributed by atoms with Crippen molar-refractivity contribution in [3.05, 3.63) is 88.6 Å². The van der Waals surface area contributed by atoms with Gasteiger partial charge in [0, 0.05) is 16.2 Å². The zero-order chi connectivity index (χ0) is 27.6. The summed E-state index contributed by atoms with van der Waals surface area (Å²) in [6, 6.07) is 9.72. The van der Waals surface area contributed by atoms with E-state index < -0.39 is 43.9 Å². The number of hydrogen-bond acceptors (Lipinski definition) is 6. The Kier molecular flexibility index (Phi) is 6.33. The summed E-state index contributed by atoms with van der Waals surface area (Å²) in [5.41, 5.74) is -2.29. The lowest BCUT2D eigenvalue weighted by Crippen LogP contribution is -2.34. The second-order valence-corrected chi connectivity index (χ2v) is 12.8. The standard InChI is InChI=1S/C25H21F2IN4O5S/c1-13-20-19(21(31(2)23(13)34)29-18-7-6-14(28)10-17(18)27)22(33)30-24(35)32(20)15-4-3-5-16(11-15)38(36,37)25(12-26)8-9-25/h3-7,10-11,29H,8-9,12H2,1-2H3,(H,30,33,35). The number of rotatable bonds is 6. The minimum absolute atomic E-state index is 0.00300. The summed E-state index contributed by atoms with van der Waals surface area (Å²) in [6.45, 7) is 0.401. The fraction of sp³-hybridized carbons (Fsp3) is 0.240. The smallest absolute Gasteiger partial charge is 0.333 e. The molecule has 13 heteroatoms. The third-order valence-corrected chi connectivity index (χ3v) is 10.1. The molecule has 0 spiro atoms. The van der Waals surface area contributed by atoms with Crippen LogP contribution in [0.2, 0.25) is 0 Å². The molecule has 0 unspecified atom stereocenters. The lowest BCUT2D eigenvalue weighted by Gasteiger charge is -2.19. The lowest BCUT2D eigenvalue weighted by molar-refractivity contribution is 0.457. The highest BCUT2D eigenvalue weighted by Crippen LogP contribution is 2.47. The molecule has 1 aliphatic carbocycles. The molecule has 4 aromatic rings. The average molecular weight is 654 g/mol. The van der Waals surface area contributed by atoms with E-state index in [9.17, 15) is 31.6 Å². The highest BCUT2D eigenvalue weighted by molar-refractivity contribution is 14.1. The number of nitrogens with zero attached hydrogens (tertiary/aromatic N) is 2. The van der Waals surface area contributed by atoms with Gasteiger partial charge in [0.2, 0.25) is 0 Å². The number of pyridine rings is 1. The molecule has 0 aliphatic heterocycles. The topological polar surface area (TPSA) is 123 Å². The molecule has 0 bridgehead atoms. The van der Waals surface area contributed by atoms with Gasteiger partial charge in [-0.1, -0.05) is 6.07 Å². The molecule has 2 aromatic carbocycles. The van der Waals surface area contributed by atoms with Crippen molar-refractivity contribution in [1.29, 1.82) is 0 Å². The number of anilines is 2. The molecule has 1 saturated carbocycles. The molecule has 5 rings (SSSR count). The fourth-order valence-electron chi connectivity index (χ4n) is 4.50. The van der Waals surface area contributed by atoms with Gasteiger partial charge in [-0.05, 0) is 78.8 Å². The number of nitrogens with one attached hydrogen (secondary N) is 2. The quantitative estimate of drug-likeness (QED) is 0.308. The highest BCUT2D eigenvalue weighted by atomic mass is 127. The molecule has 1 fully saturated rings. The molecule has 2 heterocycles. The van der Waals surface area contributed by atoms with Gasteiger partial charge in [-0.15, -0.1) is 0 Å². The van der Waals surface area contributed by atoms with Crippen LogP contribution in [-0.2, 0) is 16.9 Å². The van der Waals surface area contributed by atoms with E-state index in [4.69, 9.17) is 0 Å². The number of fused-ring (bicyclic) bond motifs is 1. The number of sulfone groups is 1. The lowest BCUT2D eigenvalue weighted by atomic mass is 10.1. The first-order valence-electron chi connectivity index (χ1n) is 11.4. The minimum Gasteiger partial charge on any atom is -0.338 e. The highest BCUT2D eigenvalue weighted by Gasteiger charge is 2.55. The van der Waals surface area contributed by atoms with Gasteiger partial charge in [0.05, 0.1) is 21.8 Å². The van der Waals surface area contributed by atoms with Crippen molar-refractivity contribution in [3.8, 4) is 5.69 Å². The van der Waals surface area contributed by atoms with Crippen LogP contribution >= 0.6 is 22.6 Å². The van der Waals surface area contributed by atoms with Crippen molar-refractivity contribution in [2.75, 3.05) is 12.0 Å². The molecule has 38 heavy (non-hydrogen) atoms. The third-order valence-electron chi connectivity index (χ3n) is 6.86. The molecule has 9 nitrogen and oxygen atoms in total. The normalized spacial score (nSPS) is 14.6. The van der Waals surface area contributed by atoms with E-state index in [2.05, 4.69) is 10.3 Å². The number of halogens is 3. The van der Waals surface area contributed by atoms with Gasteiger partial charge in [-0.25, -0.2) is 22.0 Å². The molecule has 2 N–H and O–H groups in total. The van der Waals surface area contributed by atoms with Crippen molar-refractivity contribution in [1.82, 2.24) is 14.1 Å². The third kappa shape index (κ3) is 3.99. The molecule has 2 aromatic heterocycles. The monoisotopic (exact) mass is 654 g/mol. The van der Waals surface area contributed by atoms with Crippen LogP contribution in [0, 0.1) is 16.3 Å². The number of H-pyrrole nitrogens is 1. The maximum absolute atomic E-state index is 14.7. The zero-order valence-corrected chi connectivity index (χ0v) is 23.1. The molecule has 0 saturated heterocycles.